The maximum atomic E-state index is 14.3. The average Bonchev–Trinajstić information content (AvgIpc) is 3.83. The van der Waals surface area contributed by atoms with Crippen molar-refractivity contribution in [2.24, 2.45) is 16.8 Å². The Labute approximate surface area is 418 Å². The zero-order valence-corrected chi connectivity index (χ0v) is 39.9. The second-order valence-corrected chi connectivity index (χ2v) is 17.3. The summed E-state index contributed by atoms with van der Waals surface area (Å²) in [6, 6.07) is 0.785. The molecule has 1 aliphatic heterocycles. The highest BCUT2D eigenvalue weighted by Crippen LogP contribution is 2.22. The summed E-state index contributed by atoms with van der Waals surface area (Å²) in [6.45, 7) is 3.30. The van der Waals surface area contributed by atoms with E-state index in [1.54, 1.807) is 32.0 Å². The van der Waals surface area contributed by atoms with Crippen molar-refractivity contribution in [1.82, 2.24) is 36.8 Å². The van der Waals surface area contributed by atoms with Crippen LogP contribution < -0.4 is 37.6 Å². The Kier molecular flexibility index (Phi) is 23.1. The summed E-state index contributed by atoms with van der Waals surface area (Å²) in [4.78, 5) is 148. The lowest BCUT2D eigenvalue weighted by atomic mass is 10.0. The molecule has 26 heteroatoms. The molecule has 1 heterocycles. The molecule has 0 aliphatic carbocycles. The second kappa shape index (κ2) is 28.8. The number of hydrogen-bond donors (Lipinski definition) is 11. The number of primary amides is 1. The molecule has 8 atom stereocenters. The van der Waals surface area contributed by atoms with E-state index in [0.717, 1.165) is 4.90 Å². The SMILES string of the molecule is C#CC[C@H](NC(=O)[C@H](CCC(=O)O)NC(=O)[C@H](CC(C)C)NC(=O)[C@@H]1CCCN1C(=O)[C@H](CCC(=O)O)NC(=O)[C@H](CC(=O)O)NC(=O)[C@H](Cc1ccc(O)cc1)NC(=O)C(N=[N+]=[N-])c1ccccc1)C(N)=O. The Morgan fingerprint density at radius 2 is 1.26 bits per heavy atom. The van der Waals surface area contributed by atoms with Crippen LogP contribution in [0.25, 0.3) is 10.4 Å². The summed E-state index contributed by atoms with van der Waals surface area (Å²) in [6.07, 6.45) is 1.37. The molecule has 0 radical (unpaired) electrons. The van der Waals surface area contributed by atoms with E-state index < -0.39 is 146 Å². The Hall–Kier alpha value is -8.72. The maximum absolute atomic E-state index is 14.3. The molecule has 3 rings (SSSR count). The highest BCUT2D eigenvalue weighted by atomic mass is 16.4. The number of aliphatic carboxylic acids is 3. The summed E-state index contributed by atoms with van der Waals surface area (Å²) < 4.78 is 0. The van der Waals surface area contributed by atoms with Gasteiger partial charge in [0.25, 0.3) is 0 Å². The Balaban J connectivity index is 1.90. The Morgan fingerprint density at radius 1 is 0.726 bits per heavy atom. The molecule has 0 bridgehead atoms. The smallest absolute Gasteiger partial charge is 0.305 e. The van der Waals surface area contributed by atoms with E-state index in [9.17, 15) is 78.7 Å². The first-order valence-electron chi connectivity index (χ1n) is 22.9. The molecular formula is C47H59N11O15. The first kappa shape index (κ1) is 58.6. The summed E-state index contributed by atoms with van der Waals surface area (Å²) in [5.41, 5.74) is 15.2. The van der Waals surface area contributed by atoms with E-state index in [2.05, 4.69) is 47.8 Å². The number of rotatable bonds is 29. The van der Waals surface area contributed by atoms with Gasteiger partial charge in [-0.1, -0.05) is 61.4 Å². The number of carbonyl (C=O) groups excluding carboxylic acids is 8. The highest BCUT2D eigenvalue weighted by Gasteiger charge is 2.41. The van der Waals surface area contributed by atoms with Crippen molar-refractivity contribution in [3.8, 4) is 18.1 Å². The monoisotopic (exact) mass is 1020 g/mol. The standard InChI is InChI=1S/C47H59N11O15/c1-4-9-29(40(48)66)50-41(67)30(17-19-36(60)61)51-42(68)32(22-25(2)3)54-45(71)35-12-8-21-58(35)47(73)31(18-20-37(62)63)52-44(70)34(24-38(64)65)53-43(69)33(23-26-13-15-28(59)16-14-26)55-46(72)39(56-57-49)27-10-6-5-7-11-27/h1,5-7,10-11,13-16,25,29-35,39,59H,8-9,12,17-24H2,2-3H3,(H2,48,66)(H,50,67)(H,51,68)(H,52,70)(H,53,69)(H,54,71)(H,55,72)(H,60,61)(H,62,63)(H,64,65)/t29-,30-,31-,32-,33-,34-,35-,39?/m0/s1. The predicted octanol–water partition coefficient (Wildman–Crippen LogP) is -0.355. The van der Waals surface area contributed by atoms with Crippen LogP contribution >= 0.6 is 0 Å². The molecule has 0 saturated carbocycles. The largest absolute Gasteiger partial charge is 0.508 e. The van der Waals surface area contributed by atoms with Crippen LogP contribution in [-0.2, 0) is 59.2 Å². The lowest BCUT2D eigenvalue weighted by Crippen LogP contribution is -2.60. The van der Waals surface area contributed by atoms with E-state index in [-0.39, 0.29) is 55.9 Å². The quantitative estimate of drug-likeness (QED) is 0.0215. The zero-order valence-electron chi connectivity index (χ0n) is 39.9. The topological polar surface area (TPSA) is 419 Å². The second-order valence-electron chi connectivity index (χ2n) is 17.3. The van der Waals surface area contributed by atoms with Crippen molar-refractivity contribution in [2.45, 2.75) is 126 Å². The molecule has 392 valence electrons. The molecule has 0 spiro atoms. The number of phenols is 1. The van der Waals surface area contributed by atoms with Gasteiger partial charge in [-0.2, -0.15) is 0 Å². The van der Waals surface area contributed by atoms with Gasteiger partial charge >= 0.3 is 17.9 Å². The number of phenolic OH excluding ortho intramolecular Hbond substituents is 1. The zero-order chi connectivity index (χ0) is 54.4. The first-order valence-corrected chi connectivity index (χ1v) is 22.9. The molecule has 8 amide bonds. The number of nitrogens with zero attached hydrogens (tertiary/aromatic N) is 4. The van der Waals surface area contributed by atoms with Gasteiger partial charge in [-0.25, -0.2) is 0 Å². The van der Waals surface area contributed by atoms with Crippen LogP contribution in [0.1, 0.15) is 88.8 Å². The minimum absolute atomic E-state index is 0.0111. The fourth-order valence-electron chi connectivity index (χ4n) is 7.63. The van der Waals surface area contributed by atoms with E-state index in [1.165, 1.54) is 36.4 Å². The summed E-state index contributed by atoms with van der Waals surface area (Å²) in [5.74, 6) is -10.7. The third-order valence-corrected chi connectivity index (χ3v) is 11.3. The van der Waals surface area contributed by atoms with Gasteiger partial charge in [0, 0.05) is 37.1 Å². The summed E-state index contributed by atoms with van der Waals surface area (Å²) in [7, 11) is 0. The Morgan fingerprint density at radius 3 is 1.82 bits per heavy atom. The van der Waals surface area contributed by atoms with E-state index in [1.807, 2.05) is 0 Å². The first-order chi connectivity index (χ1) is 34.5. The number of carboxylic acids is 3. The average molecular weight is 1020 g/mol. The van der Waals surface area contributed by atoms with E-state index in [4.69, 9.17) is 12.2 Å². The molecule has 1 fully saturated rings. The highest BCUT2D eigenvalue weighted by molar-refractivity contribution is 5.99. The predicted molar refractivity (Wildman–Crippen MR) is 255 cm³/mol. The minimum Gasteiger partial charge on any atom is -0.508 e. The van der Waals surface area contributed by atoms with Gasteiger partial charge in [-0.3, -0.25) is 52.7 Å². The van der Waals surface area contributed by atoms with Crippen molar-refractivity contribution in [3.63, 3.8) is 0 Å². The number of carboxylic acid groups (broad SMARTS) is 3. The molecule has 2 aromatic carbocycles. The van der Waals surface area contributed by atoms with Gasteiger partial charge in [0.05, 0.1) is 6.42 Å². The molecule has 0 aromatic heterocycles. The van der Waals surface area contributed by atoms with Crippen LogP contribution in [0.5, 0.6) is 5.75 Å². The van der Waals surface area contributed by atoms with Crippen LogP contribution in [-0.4, -0.2) is 139 Å². The fraction of sp³-hybridized carbons (Fsp3) is 0.468. The molecule has 73 heavy (non-hydrogen) atoms. The maximum Gasteiger partial charge on any atom is 0.305 e. The number of carbonyl (C=O) groups is 11. The van der Waals surface area contributed by atoms with Gasteiger partial charge in [-0.05, 0) is 66.8 Å². The van der Waals surface area contributed by atoms with Gasteiger partial charge < -0.3 is 63.0 Å². The third-order valence-electron chi connectivity index (χ3n) is 11.3. The number of aromatic hydroxyl groups is 1. The van der Waals surface area contributed by atoms with Crippen LogP contribution in [0.3, 0.4) is 0 Å². The van der Waals surface area contributed by atoms with Crippen molar-refractivity contribution >= 4 is 65.2 Å². The molecule has 1 saturated heterocycles. The molecular weight excluding hydrogens is 959 g/mol. The van der Waals surface area contributed by atoms with Crippen LogP contribution in [0.2, 0.25) is 0 Å². The number of terminal acetylenes is 1. The lowest BCUT2D eigenvalue weighted by Gasteiger charge is -2.31. The minimum atomic E-state index is -1.97. The molecule has 2 aromatic rings. The number of likely N-dealkylation sites (tertiary alicyclic amines) is 1. The van der Waals surface area contributed by atoms with Crippen LogP contribution in [0.4, 0.5) is 0 Å². The van der Waals surface area contributed by atoms with Crippen molar-refractivity contribution in [3.05, 3.63) is 76.2 Å². The van der Waals surface area contributed by atoms with Crippen molar-refractivity contribution in [2.75, 3.05) is 6.54 Å². The summed E-state index contributed by atoms with van der Waals surface area (Å²) >= 11 is 0. The normalized spacial score (nSPS) is 15.7. The molecule has 1 unspecified atom stereocenters. The van der Waals surface area contributed by atoms with Crippen LogP contribution in [0, 0.1) is 18.3 Å². The van der Waals surface area contributed by atoms with Gasteiger partial charge in [0.2, 0.25) is 47.3 Å². The van der Waals surface area contributed by atoms with Gasteiger partial charge in [0.15, 0.2) is 0 Å². The van der Waals surface area contributed by atoms with Crippen LogP contribution in [0.15, 0.2) is 59.7 Å². The Bertz CT molecular complexity index is 2440. The molecule has 1 aliphatic rings. The molecule has 12 N–H and O–H groups in total. The number of nitrogens with two attached hydrogens (primary N) is 1. The lowest BCUT2D eigenvalue weighted by molar-refractivity contribution is -0.144. The van der Waals surface area contributed by atoms with Gasteiger partial charge in [0.1, 0.15) is 54.1 Å². The summed E-state index contributed by atoms with van der Waals surface area (Å²) in [5, 5.41) is 56.4. The third kappa shape index (κ3) is 19.2. The van der Waals surface area contributed by atoms with Crippen molar-refractivity contribution in [1.29, 1.82) is 0 Å². The number of benzene rings is 2. The number of azide groups is 1. The van der Waals surface area contributed by atoms with Gasteiger partial charge in [-0.15, -0.1) is 12.3 Å². The molecule has 26 nitrogen and oxygen atoms in total. The number of nitrogens with one attached hydrogen (secondary N) is 6. The fourth-order valence-corrected chi connectivity index (χ4v) is 7.63. The van der Waals surface area contributed by atoms with Crippen molar-refractivity contribution < 1.29 is 73.2 Å². The van der Waals surface area contributed by atoms with E-state index in [0.29, 0.717) is 5.56 Å². The van der Waals surface area contributed by atoms with E-state index >= 15 is 0 Å². The number of amides is 8. The number of hydrogen-bond acceptors (Lipinski definition) is 13.